The van der Waals surface area contributed by atoms with E-state index in [1.807, 2.05) is 25.1 Å². The van der Waals surface area contributed by atoms with E-state index in [0.29, 0.717) is 31.1 Å². The molecule has 6 heteroatoms. The maximum atomic E-state index is 11.8. The zero-order valence-electron chi connectivity index (χ0n) is 16.9. The Bertz CT molecular complexity index is 935. The molecule has 0 aromatic heterocycles. The molecular weight excluding hydrogens is 370 g/mol. The van der Waals surface area contributed by atoms with Crippen LogP contribution >= 0.6 is 0 Å². The number of aliphatic imine (C=N–C) groups is 1. The first kappa shape index (κ1) is 19.5. The highest BCUT2D eigenvalue weighted by Crippen LogP contribution is 2.41. The van der Waals surface area contributed by atoms with Crippen LogP contribution in [-0.4, -0.2) is 51.8 Å². The molecule has 2 atom stereocenters. The molecule has 0 aliphatic carbocycles. The molecule has 29 heavy (non-hydrogen) atoms. The summed E-state index contributed by atoms with van der Waals surface area (Å²) >= 11 is 0. The van der Waals surface area contributed by atoms with E-state index in [1.165, 1.54) is 12.7 Å². The highest BCUT2D eigenvalue weighted by Gasteiger charge is 2.35. The molecular formula is C23H25NO5. The van der Waals surface area contributed by atoms with Crippen LogP contribution in [0.5, 0.6) is 11.5 Å². The number of carbonyl (C=O) groups is 1. The molecule has 2 aliphatic heterocycles. The maximum absolute atomic E-state index is 11.8. The molecule has 0 N–H and O–H groups in total. The summed E-state index contributed by atoms with van der Waals surface area (Å²) in [4.78, 5) is 16.9. The molecule has 6 nitrogen and oxygen atoms in total. The van der Waals surface area contributed by atoms with Crippen molar-refractivity contribution in [3.8, 4) is 11.5 Å². The quantitative estimate of drug-likeness (QED) is 0.724. The standard InChI is InChI=1S/C23H25NO5/c1-4-29-21-11-16-17(12-20(21)26-2)22(24-19-9-10-28-13-18(16)19)14-5-7-15(8-6-14)23(25)27-3/h5-8,11-12,18-19H,4,9-10,13H2,1-3H3/t18-,19-/m1/s1. The van der Waals surface area contributed by atoms with Gasteiger partial charge in [0.2, 0.25) is 0 Å². The molecule has 2 heterocycles. The van der Waals surface area contributed by atoms with Crippen molar-refractivity contribution in [2.75, 3.05) is 34.0 Å². The third-order valence-electron chi connectivity index (χ3n) is 5.48. The van der Waals surface area contributed by atoms with Crippen LogP contribution in [0, 0.1) is 0 Å². The molecule has 1 fully saturated rings. The fraction of sp³-hybridized carbons (Fsp3) is 0.391. The molecule has 2 aromatic carbocycles. The molecule has 0 amide bonds. The van der Waals surface area contributed by atoms with E-state index in [4.69, 9.17) is 23.9 Å². The minimum atomic E-state index is -0.352. The third kappa shape index (κ3) is 3.60. The van der Waals surface area contributed by atoms with Crippen LogP contribution in [0.15, 0.2) is 41.4 Å². The summed E-state index contributed by atoms with van der Waals surface area (Å²) in [5.74, 6) is 1.26. The summed E-state index contributed by atoms with van der Waals surface area (Å²) in [7, 11) is 3.02. The van der Waals surface area contributed by atoms with Crippen LogP contribution in [-0.2, 0) is 9.47 Å². The Morgan fingerprint density at radius 1 is 1.17 bits per heavy atom. The average Bonchev–Trinajstić information content (AvgIpc) is 2.78. The van der Waals surface area contributed by atoms with E-state index in [9.17, 15) is 4.79 Å². The fourth-order valence-electron chi connectivity index (χ4n) is 4.04. The van der Waals surface area contributed by atoms with Gasteiger partial charge in [-0.25, -0.2) is 4.79 Å². The van der Waals surface area contributed by atoms with Crippen molar-refractivity contribution in [2.24, 2.45) is 4.99 Å². The number of ether oxygens (including phenoxy) is 4. The van der Waals surface area contributed by atoms with Crippen molar-refractivity contribution in [1.29, 1.82) is 0 Å². The van der Waals surface area contributed by atoms with Crippen LogP contribution in [0.25, 0.3) is 0 Å². The van der Waals surface area contributed by atoms with Crippen LogP contribution in [0.3, 0.4) is 0 Å². The van der Waals surface area contributed by atoms with Gasteiger partial charge in [0, 0.05) is 23.7 Å². The minimum Gasteiger partial charge on any atom is -0.493 e. The summed E-state index contributed by atoms with van der Waals surface area (Å²) in [5.41, 5.74) is 4.56. The molecule has 0 radical (unpaired) electrons. The van der Waals surface area contributed by atoms with Crippen LogP contribution in [0.2, 0.25) is 0 Å². The number of hydrogen-bond donors (Lipinski definition) is 0. The molecule has 0 spiro atoms. The highest BCUT2D eigenvalue weighted by atomic mass is 16.5. The van der Waals surface area contributed by atoms with Gasteiger partial charge in [-0.1, -0.05) is 12.1 Å². The molecule has 4 rings (SSSR count). The van der Waals surface area contributed by atoms with E-state index in [2.05, 4.69) is 6.07 Å². The van der Waals surface area contributed by atoms with Gasteiger partial charge in [-0.05, 0) is 43.2 Å². The van der Waals surface area contributed by atoms with Crippen molar-refractivity contribution < 1.29 is 23.7 Å². The summed E-state index contributed by atoms with van der Waals surface area (Å²) in [5, 5.41) is 0. The Labute approximate surface area is 170 Å². The average molecular weight is 395 g/mol. The van der Waals surface area contributed by atoms with E-state index >= 15 is 0 Å². The van der Waals surface area contributed by atoms with Gasteiger partial charge in [0.15, 0.2) is 11.5 Å². The van der Waals surface area contributed by atoms with Crippen molar-refractivity contribution in [3.63, 3.8) is 0 Å². The summed E-state index contributed by atoms with van der Waals surface area (Å²) in [6, 6.07) is 11.6. The number of nitrogens with zero attached hydrogens (tertiary/aromatic N) is 1. The molecule has 1 saturated heterocycles. The fourth-order valence-corrected chi connectivity index (χ4v) is 4.04. The predicted octanol–water partition coefficient (Wildman–Crippen LogP) is 3.60. The molecule has 0 unspecified atom stereocenters. The lowest BCUT2D eigenvalue weighted by Crippen LogP contribution is -2.34. The Hall–Kier alpha value is -2.86. The normalized spacial score (nSPS) is 20.2. The monoisotopic (exact) mass is 395 g/mol. The number of carbonyl (C=O) groups excluding carboxylic acids is 1. The van der Waals surface area contributed by atoms with Gasteiger partial charge >= 0.3 is 5.97 Å². The first-order valence-electron chi connectivity index (χ1n) is 9.85. The van der Waals surface area contributed by atoms with Crippen LogP contribution in [0.4, 0.5) is 0 Å². The zero-order valence-corrected chi connectivity index (χ0v) is 16.9. The lowest BCUT2D eigenvalue weighted by atomic mass is 9.80. The second kappa shape index (κ2) is 8.25. The number of methoxy groups -OCH3 is 2. The van der Waals surface area contributed by atoms with Crippen molar-refractivity contribution >= 4 is 11.7 Å². The topological polar surface area (TPSA) is 66.4 Å². The second-order valence-electron chi connectivity index (χ2n) is 7.11. The van der Waals surface area contributed by atoms with Crippen LogP contribution in [0.1, 0.15) is 46.3 Å². The Morgan fingerprint density at radius 3 is 2.66 bits per heavy atom. The van der Waals surface area contributed by atoms with Crippen LogP contribution < -0.4 is 9.47 Å². The van der Waals surface area contributed by atoms with Gasteiger partial charge < -0.3 is 18.9 Å². The lowest BCUT2D eigenvalue weighted by molar-refractivity contribution is 0.0600. The third-order valence-corrected chi connectivity index (χ3v) is 5.48. The molecule has 0 bridgehead atoms. The number of hydrogen-bond acceptors (Lipinski definition) is 6. The maximum Gasteiger partial charge on any atom is 0.337 e. The summed E-state index contributed by atoms with van der Waals surface area (Å²) in [6.07, 6.45) is 0.879. The number of benzene rings is 2. The van der Waals surface area contributed by atoms with Gasteiger partial charge in [0.1, 0.15) is 0 Å². The molecule has 2 aromatic rings. The van der Waals surface area contributed by atoms with Gasteiger partial charge in [0.25, 0.3) is 0 Å². The number of rotatable bonds is 5. The Morgan fingerprint density at radius 2 is 1.97 bits per heavy atom. The van der Waals surface area contributed by atoms with Gasteiger partial charge in [0.05, 0.1) is 44.8 Å². The van der Waals surface area contributed by atoms with E-state index in [1.54, 1.807) is 19.2 Å². The SMILES string of the molecule is CCOc1cc2c(cc1OC)C(c1ccc(C(=O)OC)cc1)=N[C@@H]1CCOC[C@H]21. The first-order chi connectivity index (χ1) is 14.2. The van der Waals surface area contributed by atoms with Gasteiger partial charge in [-0.15, -0.1) is 0 Å². The van der Waals surface area contributed by atoms with E-state index in [-0.39, 0.29) is 17.9 Å². The number of esters is 1. The van der Waals surface area contributed by atoms with Crippen molar-refractivity contribution in [1.82, 2.24) is 0 Å². The predicted molar refractivity (Wildman–Crippen MR) is 110 cm³/mol. The highest BCUT2D eigenvalue weighted by molar-refractivity contribution is 6.15. The summed E-state index contributed by atoms with van der Waals surface area (Å²) in [6.45, 7) is 3.88. The molecule has 0 saturated carbocycles. The Kier molecular flexibility index (Phi) is 5.53. The van der Waals surface area contributed by atoms with E-state index in [0.717, 1.165) is 29.0 Å². The Balaban J connectivity index is 1.82. The lowest BCUT2D eigenvalue weighted by Gasteiger charge is -2.35. The van der Waals surface area contributed by atoms with Gasteiger partial charge in [-0.2, -0.15) is 0 Å². The minimum absolute atomic E-state index is 0.161. The zero-order chi connectivity index (χ0) is 20.4. The van der Waals surface area contributed by atoms with Crippen molar-refractivity contribution in [3.05, 3.63) is 58.7 Å². The molecule has 152 valence electrons. The van der Waals surface area contributed by atoms with Gasteiger partial charge in [-0.3, -0.25) is 4.99 Å². The van der Waals surface area contributed by atoms with E-state index < -0.39 is 0 Å². The van der Waals surface area contributed by atoms with Crippen molar-refractivity contribution in [2.45, 2.75) is 25.3 Å². The smallest absolute Gasteiger partial charge is 0.337 e. The molecule has 2 aliphatic rings. The summed E-state index contributed by atoms with van der Waals surface area (Å²) < 4.78 is 21.9. The second-order valence-corrected chi connectivity index (χ2v) is 7.11. The first-order valence-corrected chi connectivity index (χ1v) is 9.85. The largest absolute Gasteiger partial charge is 0.493 e. The number of fused-ring (bicyclic) bond motifs is 3.